The number of ether oxygens (including phenoxy) is 2. The first-order chi connectivity index (χ1) is 9.08. The third-order valence-corrected chi connectivity index (χ3v) is 3.26. The third kappa shape index (κ3) is 2.34. The number of aliphatic carboxylic acids is 1. The van der Waals surface area contributed by atoms with Gasteiger partial charge in [0.05, 0.1) is 20.1 Å². The molecule has 0 spiro atoms. The maximum Gasteiger partial charge on any atom is 0.310 e. The largest absolute Gasteiger partial charge is 0.493 e. The van der Waals surface area contributed by atoms with E-state index in [1.165, 1.54) is 0 Å². The van der Waals surface area contributed by atoms with E-state index in [4.69, 9.17) is 14.6 Å². The predicted molar refractivity (Wildman–Crippen MR) is 73.1 cm³/mol. The molecule has 4 nitrogen and oxygen atoms in total. The van der Waals surface area contributed by atoms with Crippen LogP contribution >= 0.6 is 0 Å². The number of hydrogen-bond acceptors (Lipinski definition) is 3. The molecule has 0 aromatic heterocycles. The van der Waals surface area contributed by atoms with Gasteiger partial charge >= 0.3 is 5.97 Å². The van der Waals surface area contributed by atoms with Crippen LogP contribution in [0.2, 0.25) is 0 Å². The topological polar surface area (TPSA) is 55.8 Å². The molecule has 0 fully saturated rings. The van der Waals surface area contributed by atoms with Crippen molar-refractivity contribution in [2.75, 3.05) is 14.2 Å². The van der Waals surface area contributed by atoms with E-state index in [0.717, 1.165) is 16.3 Å². The van der Waals surface area contributed by atoms with Crippen molar-refractivity contribution < 1.29 is 19.4 Å². The Morgan fingerprint density at radius 3 is 2.37 bits per heavy atom. The number of methoxy groups -OCH3 is 2. The molecule has 0 heterocycles. The molecule has 0 unspecified atom stereocenters. The second-order valence-corrected chi connectivity index (χ2v) is 4.34. The second-order valence-electron chi connectivity index (χ2n) is 4.34. The number of carbonyl (C=O) groups is 1. The smallest absolute Gasteiger partial charge is 0.310 e. The average Bonchev–Trinajstić information content (AvgIpc) is 2.44. The molecule has 0 saturated carbocycles. The predicted octanol–water partition coefficient (Wildman–Crippen LogP) is 3.05. The number of hydrogen-bond donors (Lipinski definition) is 1. The summed E-state index contributed by atoms with van der Waals surface area (Å²) in [6, 6.07) is 9.28. The van der Waals surface area contributed by atoms with E-state index in [0.29, 0.717) is 11.5 Å². The van der Waals surface area contributed by atoms with Gasteiger partial charge in [0, 0.05) is 0 Å². The van der Waals surface area contributed by atoms with Gasteiger partial charge < -0.3 is 14.6 Å². The quantitative estimate of drug-likeness (QED) is 0.918. The lowest BCUT2D eigenvalue weighted by molar-refractivity contribution is -0.138. The van der Waals surface area contributed by atoms with Gasteiger partial charge in [-0.05, 0) is 35.4 Å². The van der Waals surface area contributed by atoms with Crippen LogP contribution in [0.4, 0.5) is 0 Å². The zero-order valence-corrected chi connectivity index (χ0v) is 11.1. The number of benzene rings is 2. The van der Waals surface area contributed by atoms with Crippen molar-refractivity contribution in [1.82, 2.24) is 0 Å². The number of carboxylic acids is 1. The Morgan fingerprint density at radius 1 is 1.16 bits per heavy atom. The standard InChI is InChI=1S/C15H16O4/c1-9(15(16)17)11-6-4-5-10-7-13(18-2)14(19-3)8-12(10)11/h4-9H,1-3H3,(H,16,17)/t9-/m0/s1. The van der Waals surface area contributed by atoms with Gasteiger partial charge in [-0.15, -0.1) is 0 Å². The van der Waals surface area contributed by atoms with Gasteiger partial charge in [-0.2, -0.15) is 0 Å². The molecule has 1 atom stereocenters. The summed E-state index contributed by atoms with van der Waals surface area (Å²) in [7, 11) is 3.14. The van der Waals surface area contributed by atoms with Gasteiger partial charge in [-0.3, -0.25) is 4.79 Å². The molecule has 0 radical (unpaired) electrons. The lowest BCUT2D eigenvalue weighted by atomic mass is 9.94. The maximum atomic E-state index is 11.2. The fourth-order valence-corrected chi connectivity index (χ4v) is 2.14. The summed E-state index contributed by atoms with van der Waals surface area (Å²) < 4.78 is 10.5. The average molecular weight is 260 g/mol. The van der Waals surface area contributed by atoms with Crippen molar-refractivity contribution in [3.8, 4) is 11.5 Å². The molecule has 0 aliphatic carbocycles. The van der Waals surface area contributed by atoms with E-state index < -0.39 is 11.9 Å². The Labute approximate surface area is 111 Å². The number of rotatable bonds is 4. The first-order valence-corrected chi connectivity index (χ1v) is 5.96. The van der Waals surface area contributed by atoms with Crippen molar-refractivity contribution in [2.24, 2.45) is 0 Å². The van der Waals surface area contributed by atoms with Crippen LogP contribution in [0.15, 0.2) is 30.3 Å². The number of carboxylic acid groups (broad SMARTS) is 1. The van der Waals surface area contributed by atoms with Crippen LogP contribution in [0, 0.1) is 0 Å². The van der Waals surface area contributed by atoms with Crippen molar-refractivity contribution in [3.05, 3.63) is 35.9 Å². The van der Waals surface area contributed by atoms with Crippen molar-refractivity contribution in [1.29, 1.82) is 0 Å². The van der Waals surface area contributed by atoms with Crippen LogP contribution < -0.4 is 9.47 Å². The Balaban J connectivity index is 2.70. The monoisotopic (exact) mass is 260 g/mol. The molecular formula is C15H16O4. The van der Waals surface area contributed by atoms with Gasteiger partial charge in [-0.25, -0.2) is 0 Å². The summed E-state index contributed by atoms with van der Waals surface area (Å²) in [6.07, 6.45) is 0. The zero-order valence-electron chi connectivity index (χ0n) is 11.1. The molecule has 0 aliphatic rings. The normalized spacial score (nSPS) is 12.2. The summed E-state index contributed by atoms with van der Waals surface area (Å²) >= 11 is 0. The van der Waals surface area contributed by atoms with E-state index in [9.17, 15) is 4.79 Å². The summed E-state index contributed by atoms with van der Waals surface area (Å²) in [5, 5.41) is 11.0. The summed E-state index contributed by atoms with van der Waals surface area (Å²) in [4.78, 5) is 11.2. The van der Waals surface area contributed by atoms with Crippen molar-refractivity contribution in [3.63, 3.8) is 0 Å². The first-order valence-electron chi connectivity index (χ1n) is 5.96. The van der Waals surface area contributed by atoms with Gasteiger partial charge in [0.25, 0.3) is 0 Å². The van der Waals surface area contributed by atoms with Crippen LogP contribution in [-0.2, 0) is 4.79 Å². The summed E-state index contributed by atoms with van der Waals surface area (Å²) in [6.45, 7) is 1.67. The Kier molecular flexibility index (Phi) is 3.60. The molecule has 2 rings (SSSR count). The fourth-order valence-electron chi connectivity index (χ4n) is 2.14. The zero-order chi connectivity index (χ0) is 14.0. The van der Waals surface area contributed by atoms with Crippen molar-refractivity contribution >= 4 is 16.7 Å². The van der Waals surface area contributed by atoms with Crippen LogP contribution in [0.25, 0.3) is 10.8 Å². The minimum atomic E-state index is -0.845. The first kappa shape index (κ1) is 13.2. The molecule has 1 N–H and O–H groups in total. The highest BCUT2D eigenvalue weighted by Crippen LogP contribution is 2.35. The highest BCUT2D eigenvalue weighted by atomic mass is 16.5. The van der Waals surface area contributed by atoms with E-state index in [2.05, 4.69) is 0 Å². The molecular weight excluding hydrogens is 244 g/mol. The molecule has 2 aromatic rings. The second kappa shape index (κ2) is 5.18. The van der Waals surface area contributed by atoms with E-state index >= 15 is 0 Å². The third-order valence-electron chi connectivity index (χ3n) is 3.26. The molecule has 0 aliphatic heterocycles. The van der Waals surface area contributed by atoms with E-state index in [1.807, 2.05) is 30.3 Å². The molecule has 19 heavy (non-hydrogen) atoms. The minimum Gasteiger partial charge on any atom is -0.493 e. The maximum absolute atomic E-state index is 11.2. The van der Waals surface area contributed by atoms with Gasteiger partial charge in [0.1, 0.15) is 0 Å². The molecule has 4 heteroatoms. The molecule has 100 valence electrons. The molecule has 2 aromatic carbocycles. The Hall–Kier alpha value is -2.23. The van der Waals surface area contributed by atoms with E-state index in [1.54, 1.807) is 21.1 Å². The Morgan fingerprint density at radius 2 is 1.79 bits per heavy atom. The van der Waals surface area contributed by atoms with Gasteiger partial charge in [-0.1, -0.05) is 18.2 Å². The molecule has 0 amide bonds. The van der Waals surface area contributed by atoms with Crippen LogP contribution in [-0.4, -0.2) is 25.3 Å². The highest BCUT2D eigenvalue weighted by Gasteiger charge is 2.17. The lowest BCUT2D eigenvalue weighted by Gasteiger charge is -2.14. The fraction of sp³-hybridized carbons (Fsp3) is 0.267. The van der Waals surface area contributed by atoms with Crippen molar-refractivity contribution in [2.45, 2.75) is 12.8 Å². The Bertz CT molecular complexity index is 619. The number of fused-ring (bicyclic) bond motifs is 1. The minimum absolute atomic E-state index is 0.568. The van der Waals surface area contributed by atoms with Crippen LogP contribution in [0.3, 0.4) is 0 Å². The van der Waals surface area contributed by atoms with Crippen LogP contribution in [0.1, 0.15) is 18.4 Å². The summed E-state index contributed by atoms with van der Waals surface area (Å²) in [5.41, 5.74) is 0.769. The summed E-state index contributed by atoms with van der Waals surface area (Å²) in [5.74, 6) is -0.181. The molecule has 0 bridgehead atoms. The highest BCUT2D eigenvalue weighted by molar-refractivity contribution is 5.92. The van der Waals surface area contributed by atoms with E-state index in [-0.39, 0.29) is 0 Å². The van der Waals surface area contributed by atoms with Gasteiger partial charge in [0.2, 0.25) is 0 Å². The van der Waals surface area contributed by atoms with Crippen LogP contribution in [0.5, 0.6) is 11.5 Å². The molecule has 0 saturated heterocycles. The van der Waals surface area contributed by atoms with Gasteiger partial charge in [0.15, 0.2) is 11.5 Å². The SMILES string of the molecule is COc1cc2cccc([C@H](C)C(=O)O)c2cc1OC. The lowest BCUT2D eigenvalue weighted by Crippen LogP contribution is -2.07.